The van der Waals surface area contributed by atoms with E-state index in [1.165, 1.54) is 0 Å². The predicted molar refractivity (Wildman–Crippen MR) is 159 cm³/mol. The molecule has 0 unspecified atom stereocenters. The summed E-state index contributed by atoms with van der Waals surface area (Å²) >= 11 is 6.14. The average molecular weight is 554 g/mol. The SMILES string of the molecule is CN1CCN(c2ccccc2NC(=O)c2ccc(Nc3ncc4c(n3)-c3ccc(Cl)cc3NC(=O)C4)cc2)CC1. The van der Waals surface area contributed by atoms with Gasteiger partial charge in [-0.3, -0.25) is 9.59 Å². The van der Waals surface area contributed by atoms with Gasteiger partial charge in [-0.05, 0) is 61.6 Å². The summed E-state index contributed by atoms with van der Waals surface area (Å²) < 4.78 is 0. The molecule has 0 saturated carbocycles. The van der Waals surface area contributed by atoms with Gasteiger partial charge in [-0.2, -0.15) is 0 Å². The molecule has 1 aromatic heterocycles. The molecular formula is C30H28ClN7O2. The number of amides is 2. The maximum Gasteiger partial charge on any atom is 0.255 e. The summed E-state index contributed by atoms with van der Waals surface area (Å²) in [6.45, 7) is 3.81. The van der Waals surface area contributed by atoms with Crippen molar-refractivity contribution in [1.82, 2.24) is 14.9 Å². The molecule has 0 spiro atoms. The van der Waals surface area contributed by atoms with Crippen molar-refractivity contribution in [3.63, 3.8) is 0 Å². The van der Waals surface area contributed by atoms with Crippen molar-refractivity contribution in [3.8, 4) is 11.3 Å². The lowest BCUT2D eigenvalue weighted by Crippen LogP contribution is -2.44. The zero-order chi connectivity index (χ0) is 27.6. The number of benzene rings is 3. The summed E-state index contributed by atoms with van der Waals surface area (Å²) in [5.41, 5.74) is 5.89. The highest BCUT2D eigenvalue weighted by atomic mass is 35.5. The Balaban J connectivity index is 1.17. The molecule has 0 bridgehead atoms. The minimum Gasteiger partial charge on any atom is -0.367 e. The molecule has 4 aromatic rings. The van der Waals surface area contributed by atoms with Gasteiger partial charge < -0.3 is 25.8 Å². The highest BCUT2D eigenvalue weighted by Crippen LogP contribution is 2.35. The molecular weight excluding hydrogens is 526 g/mol. The summed E-state index contributed by atoms with van der Waals surface area (Å²) in [7, 11) is 2.12. The number of fused-ring (bicyclic) bond motifs is 3. The van der Waals surface area contributed by atoms with Crippen molar-refractivity contribution in [2.75, 3.05) is 54.1 Å². The molecule has 1 fully saturated rings. The van der Waals surface area contributed by atoms with E-state index in [2.05, 4.69) is 37.8 Å². The Morgan fingerprint density at radius 1 is 1.00 bits per heavy atom. The lowest BCUT2D eigenvalue weighted by molar-refractivity contribution is -0.115. The maximum atomic E-state index is 13.1. The first-order valence-electron chi connectivity index (χ1n) is 13.1. The number of hydrogen-bond acceptors (Lipinski definition) is 7. The summed E-state index contributed by atoms with van der Waals surface area (Å²) in [6, 6.07) is 20.4. The first-order chi connectivity index (χ1) is 19.4. The number of nitrogens with zero attached hydrogens (tertiary/aromatic N) is 4. The van der Waals surface area contributed by atoms with Gasteiger partial charge >= 0.3 is 0 Å². The maximum absolute atomic E-state index is 13.1. The zero-order valence-corrected chi connectivity index (χ0v) is 22.7. The van der Waals surface area contributed by atoms with Gasteiger partial charge in [0.2, 0.25) is 11.9 Å². The van der Waals surface area contributed by atoms with Crippen LogP contribution >= 0.6 is 11.6 Å². The molecule has 2 aliphatic heterocycles. The third kappa shape index (κ3) is 5.47. The van der Waals surface area contributed by atoms with E-state index >= 15 is 0 Å². The third-order valence-corrected chi connectivity index (χ3v) is 7.36. The fourth-order valence-corrected chi connectivity index (χ4v) is 5.13. The van der Waals surface area contributed by atoms with Crippen molar-refractivity contribution in [2.45, 2.75) is 6.42 Å². The smallest absolute Gasteiger partial charge is 0.255 e. The van der Waals surface area contributed by atoms with Gasteiger partial charge in [-0.25, -0.2) is 9.97 Å². The molecule has 9 nitrogen and oxygen atoms in total. The van der Waals surface area contributed by atoms with Gasteiger partial charge in [0, 0.05) is 59.8 Å². The van der Waals surface area contributed by atoms with Crippen LogP contribution in [0.3, 0.4) is 0 Å². The molecule has 2 amide bonds. The van der Waals surface area contributed by atoms with Crippen LogP contribution in [0.25, 0.3) is 11.3 Å². The summed E-state index contributed by atoms with van der Waals surface area (Å²) in [5, 5.41) is 9.70. The van der Waals surface area contributed by atoms with Crippen LogP contribution in [0, 0.1) is 0 Å². The number of carbonyl (C=O) groups is 2. The predicted octanol–water partition coefficient (Wildman–Crippen LogP) is 5.04. The number of carbonyl (C=O) groups excluding carboxylic acids is 2. The number of para-hydroxylation sites is 2. The molecule has 6 rings (SSSR count). The van der Waals surface area contributed by atoms with Gasteiger partial charge in [-0.1, -0.05) is 23.7 Å². The molecule has 202 valence electrons. The van der Waals surface area contributed by atoms with E-state index in [4.69, 9.17) is 16.6 Å². The van der Waals surface area contributed by atoms with Crippen LogP contribution in [-0.2, 0) is 11.2 Å². The van der Waals surface area contributed by atoms with Gasteiger partial charge in [-0.15, -0.1) is 0 Å². The molecule has 3 aromatic carbocycles. The number of piperazine rings is 1. The number of rotatable bonds is 5. The van der Waals surface area contributed by atoms with Crippen LogP contribution in [-0.4, -0.2) is 59.9 Å². The Morgan fingerprint density at radius 2 is 1.77 bits per heavy atom. The Labute approximate surface area is 237 Å². The van der Waals surface area contributed by atoms with Crippen molar-refractivity contribution in [3.05, 3.63) is 89.1 Å². The van der Waals surface area contributed by atoms with E-state index in [1.807, 2.05) is 42.5 Å². The summed E-state index contributed by atoms with van der Waals surface area (Å²) in [5.74, 6) is 0.0562. The van der Waals surface area contributed by atoms with Crippen LogP contribution in [0.1, 0.15) is 15.9 Å². The number of likely N-dealkylation sites (N-methyl/N-ethyl adjacent to an activating group) is 1. The fourth-order valence-electron chi connectivity index (χ4n) is 4.95. The molecule has 3 N–H and O–H groups in total. The average Bonchev–Trinajstić information content (AvgIpc) is 3.09. The molecule has 10 heteroatoms. The third-order valence-electron chi connectivity index (χ3n) is 7.13. The van der Waals surface area contributed by atoms with E-state index in [1.54, 1.807) is 30.5 Å². The van der Waals surface area contributed by atoms with E-state index in [0.29, 0.717) is 27.9 Å². The second-order valence-electron chi connectivity index (χ2n) is 9.95. The van der Waals surface area contributed by atoms with Crippen molar-refractivity contribution >= 4 is 52.1 Å². The normalized spacial score (nSPS) is 14.9. The standard InChI is InChI=1S/C30H28ClN7O2/c1-37-12-14-38(15-13-37)26-5-3-2-4-24(26)35-29(40)19-6-9-22(10-7-19)33-30-32-18-20-16-27(39)34-25-17-21(31)8-11-23(25)28(20)36-30/h2-11,17-18H,12-16H2,1H3,(H,34,39)(H,35,40)(H,32,33,36). The monoisotopic (exact) mass is 553 g/mol. The number of halogens is 1. The van der Waals surface area contributed by atoms with Gasteiger partial charge in [0.1, 0.15) is 0 Å². The first kappa shape index (κ1) is 25.8. The van der Waals surface area contributed by atoms with Crippen LogP contribution in [0.15, 0.2) is 72.9 Å². The minimum absolute atomic E-state index is 0.147. The lowest BCUT2D eigenvalue weighted by atomic mass is 10.1. The summed E-state index contributed by atoms with van der Waals surface area (Å²) in [6.07, 6.45) is 1.83. The van der Waals surface area contributed by atoms with E-state index in [9.17, 15) is 9.59 Å². The highest BCUT2D eigenvalue weighted by molar-refractivity contribution is 6.31. The Kier molecular flexibility index (Phi) is 7.06. The quantitative estimate of drug-likeness (QED) is 0.318. The topological polar surface area (TPSA) is 102 Å². The van der Waals surface area contributed by atoms with Crippen molar-refractivity contribution < 1.29 is 9.59 Å². The van der Waals surface area contributed by atoms with Gasteiger partial charge in [0.15, 0.2) is 0 Å². The lowest BCUT2D eigenvalue weighted by Gasteiger charge is -2.35. The number of aromatic nitrogens is 2. The van der Waals surface area contributed by atoms with Crippen molar-refractivity contribution in [1.29, 1.82) is 0 Å². The highest BCUT2D eigenvalue weighted by Gasteiger charge is 2.22. The van der Waals surface area contributed by atoms with Gasteiger partial charge in [0.05, 0.1) is 29.2 Å². The van der Waals surface area contributed by atoms with Crippen LogP contribution < -0.4 is 20.9 Å². The number of hydrogen-bond donors (Lipinski definition) is 3. The second kappa shape index (κ2) is 11.0. The molecule has 0 atom stereocenters. The van der Waals surface area contributed by atoms with E-state index in [0.717, 1.165) is 54.4 Å². The molecule has 1 saturated heterocycles. The van der Waals surface area contributed by atoms with E-state index < -0.39 is 0 Å². The second-order valence-corrected chi connectivity index (χ2v) is 10.4. The van der Waals surface area contributed by atoms with Crippen LogP contribution in [0.4, 0.5) is 28.7 Å². The largest absolute Gasteiger partial charge is 0.367 e. The van der Waals surface area contributed by atoms with Gasteiger partial charge in [0.25, 0.3) is 5.91 Å². The first-order valence-corrected chi connectivity index (χ1v) is 13.5. The molecule has 0 aliphatic carbocycles. The van der Waals surface area contributed by atoms with Crippen LogP contribution in [0.5, 0.6) is 0 Å². The molecule has 2 aliphatic rings. The van der Waals surface area contributed by atoms with Crippen molar-refractivity contribution in [2.24, 2.45) is 0 Å². The summed E-state index contributed by atoms with van der Waals surface area (Å²) in [4.78, 5) is 39.2. The Hall–Kier alpha value is -4.47. The zero-order valence-electron chi connectivity index (χ0n) is 21.9. The Morgan fingerprint density at radius 3 is 2.58 bits per heavy atom. The number of nitrogens with one attached hydrogen (secondary N) is 3. The molecule has 0 radical (unpaired) electrons. The number of anilines is 5. The minimum atomic E-state index is -0.179. The molecule has 40 heavy (non-hydrogen) atoms. The fraction of sp³-hybridized carbons (Fsp3) is 0.200. The molecule has 3 heterocycles. The van der Waals surface area contributed by atoms with E-state index in [-0.39, 0.29) is 18.2 Å². The van der Waals surface area contributed by atoms with Crippen LogP contribution in [0.2, 0.25) is 5.02 Å². The Bertz CT molecular complexity index is 1580.